The second-order valence-corrected chi connectivity index (χ2v) is 4.38. The van der Waals surface area contributed by atoms with E-state index >= 15 is 0 Å². The molecule has 88 valence electrons. The molecule has 1 rings (SSSR count). The molecule has 2 nitrogen and oxygen atoms in total. The Balaban J connectivity index is 2.80. The largest absolute Gasteiger partial charge is 0.481 e. The van der Waals surface area contributed by atoms with E-state index in [1.165, 1.54) is 12.1 Å². The molecular weight excluding hydrogens is 207 g/mol. The van der Waals surface area contributed by atoms with Gasteiger partial charge in [0.25, 0.3) is 0 Å². The maximum absolute atomic E-state index is 13.0. The van der Waals surface area contributed by atoms with Crippen LogP contribution >= 0.6 is 0 Å². The smallest absolute Gasteiger partial charge is 0.306 e. The third-order valence-corrected chi connectivity index (χ3v) is 3.10. The van der Waals surface area contributed by atoms with Gasteiger partial charge < -0.3 is 5.11 Å². The molecule has 0 saturated heterocycles. The maximum Gasteiger partial charge on any atom is 0.306 e. The van der Waals surface area contributed by atoms with Crippen LogP contribution in [0.25, 0.3) is 0 Å². The molecule has 16 heavy (non-hydrogen) atoms. The van der Waals surface area contributed by atoms with Crippen molar-refractivity contribution in [1.29, 1.82) is 0 Å². The van der Waals surface area contributed by atoms with E-state index < -0.39 is 11.9 Å². The fourth-order valence-electron chi connectivity index (χ4n) is 1.63. The van der Waals surface area contributed by atoms with Gasteiger partial charge in [0.2, 0.25) is 0 Å². The zero-order chi connectivity index (χ0) is 12.3. The van der Waals surface area contributed by atoms with Gasteiger partial charge in [-0.15, -0.1) is 0 Å². The van der Waals surface area contributed by atoms with Crippen LogP contribution in [0.1, 0.15) is 25.0 Å². The molecule has 0 aliphatic rings. The standard InChI is InChI=1S/C13H17FO2/c1-8-4-5-12(14)7-11(8)6-9(2)10(3)13(15)16/h4-5,7,9-10H,6H2,1-3H3,(H,15,16). The van der Waals surface area contributed by atoms with E-state index in [4.69, 9.17) is 5.11 Å². The molecule has 0 aliphatic carbocycles. The first kappa shape index (κ1) is 12.7. The summed E-state index contributed by atoms with van der Waals surface area (Å²) < 4.78 is 13.0. The molecule has 0 radical (unpaired) electrons. The van der Waals surface area contributed by atoms with Crippen LogP contribution in [0.3, 0.4) is 0 Å². The minimum atomic E-state index is -0.804. The van der Waals surface area contributed by atoms with Crippen LogP contribution in [0.2, 0.25) is 0 Å². The fourth-order valence-corrected chi connectivity index (χ4v) is 1.63. The number of aliphatic carboxylic acids is 1. The molecule has 1 aromatic rings. The lowest BCUT2D eigenvalue weighted by Gasteiger charge is -2.17. The summed E-state index contributed by atoms with van der Waals surface area (Å²) in [6, 6.07) is 4.63. The highest BCUT2D eigenvalue weighted by Crippen LogP contribution is 2.20. The molecule has 0 spiro atoms. The molecule has 0 aromatic heterocycles. The van der Waals surface area contributed by atoms with Crippen molar-refractivity contribution in [3.05, 3.63) is 35.1 Å². The second-order valence-electron chi connectivity index (χ2n) is 4.38. The molecule has 3 heteroatoms. The van der Waals surface area contributed by atoms with E-state index in [1.807, 2.05) is 13.8 Å². The van der Waals surface area contributed by atoms with Crippen molar-refractivity contribution >= 4 is 5.97 Å². The van der Waals surface area contributed by atoms with Gasteiger partial charge in [-0.1, -0.05) is 19.9 Å². The van der Waals surface area contributed by atoms with Crippen LogP contribution in [0.15, 0.2) is 18.2 Å². The van der Waals surface area contributed by atoms with Crippen molar-refractivity contribution in [2.24, 2.45) is 11.8 Å². The van der Waals surface area contributed by atoms with Crippen LogP contribution in [0.4, 0.5) is 4.39 Å². The van der Waals surface area contributed by atoms with Crippen LogP contribution in [-0.4, -0.2) is 11.1 Å². The van der Waals surface area contributed by atoms with Crippen molar-refractivity contribution in [2.75, 3.05) is 0 Å². The van der Waals surface area contributed by atoms with E-state index in [1.54, 1.807) is 13.0 Å². The topological polar surface area (TPSA) is 37.3 Å². The van der Waals surface area contributed by atoms with Crippen molar-refractivity contribution in [3.8, 4) is 0 Å². The van der Waals surface area contributed by atoms with Crippen molar-refractivity contribution in [1.82, 2.24) is 0 Å². The summed E-state index contributed by atoms with van der Waals surface area (Å²) in [5.41, 5.74) is 1.89. The second kappa shape index (κ2) is 5.10. The molecule has 2 atom stereocenters. The van der Waals surface area contributed by atoms with Crippen LogP contribution < -0.4 is 0 Å². The van der Waals surface area contributed by atoms with E-state index in [0.717, 1.165) is 11.1 Å². The van der Waals surface area contributed by atoms with Gasteiger partial charge in [-0.2, -0.15) is 0 Å². The maximum atomic E-state index is 13.0. The Morgan fingerprint density at radius 2 is 2.06 bits per heavy atom. The van der Waals surface area contributed by atoms with Gasteiger partial charge in [0.1, 0.15) is 5.82 Å². The van der Waals surface area contributed by atoms with E-state index in [-0.39, 0.29) is 11.7 Å². The van der Waals surface area contributed by atoms with Gasteiger partial charge in [-0.25, -0.2) is 4.39 Å². The molecule has 0 bridgehead atoms. The first-order valence-corrected chi connectivity index (χ1v) is 5.39. The number of carbonyl (C=O) groups is 1. The lowest BCUT2D eigenvalue weighted by molar-refractivity contribution is -0.142. The molecule has 1 aromatic carbocycles. The lowest BCUT2D eigenvalue weighted by Crippen LogP contribution is -2.20. The zero-order valence-corrected chi connectivity index (χ0v) is 9.83. The molecule has 0 saturated carbocycles. The van der Waals surface area contributed by atoms with Crippen molar-refractivity contribution < 1.29 is 14.3 Å². The summed E-state index contributed by atoms with van der Waals surface area (Å²) in [7, 11) is 0. The number of halogens is 1. The summed E-state index contributed by atoms with van der Waals surface area (Å²) in [5.74, 6) is -1.49. The highest BCUT2D eigenvalue weighted by atomic mass is 19.1. The van der Waals surface area contributed by atoms with Crippen LogP contribution in [-0.2, 0) is 11.2 Å². The Labute approximate surface area is 95.1 Å². The average molecular weight is 224 g/mol. The van der Waals surface area contributed by atoms with E-state index in [9.17, 15) is 9.18 Å². The monoisotopic (exact) mass is 224 g/mol. The van der Waals surface area contributed by atoms with Crippen molar-refractivity contribution in [2.45, 2.75) is 27.2 Å². The summed E-state index contributed by atoms with van der Waals surface area (Å²) in [6.07, 6.45) is 0.594. The zero-order valence-electron chi connectivity index (χ0n) is 9.83. The predicted octanol–water partition coefficient (Wildman–Crippen LogP) is 3.03. The number of rotatable bonds is 4. The Bertz CT molecular complexity index is 388. The van der Waals surface area contributed by atoms with E-state index in [2.05, 4.69) is 0 Å². The Morgan fingerprint density at radius 1 is 1.44 bits per heavy atom. The SMILES string of the molecule is Cc1ccc(F)cc1CC(C)C(C)C(=O)O. The lowest BCUT2D eigenvalue weighted by atomic mass is 9.88. The fraction of sp³-hybridized carbons (Fsp3) is 0.462. The summed E-state index contributed by atoms with van der Waals surface area (Å²) in [5, 5.41) is 8.88. The third-order valence-electron chi connectivity index (χ3n) is 3.10. The first-order valence-electron chi connectivity index (χ1n) is 5.39. The molecular formula is C13H17FO2. The molecule has 0 heterocycles. The minimum absolute atomic E-state index is 0.00185. The first-order chi connectivity index (χ1) is 7.41. The van der Waals surface area contributed by atoms with Gasteiger partial charge in [-0.05, 0) is 42.5 Å². The quantitative estimate of drug-likeness (QED) is 0.853. The predicted molar refractivity (Wildman–Crippen MR) is 60.8 cm³/mol. The van der Waals surface area contributed by atoms with Gasteiger partial charge in [0.05, 0.1) is 5.92 Å². The van der Waals surface area contributed by atoms with Gasteiger partial charge >= 0.3 is 5.97 Å². The number of hydrogen-bond donors (Lipinski definition) is 1. The minimum Gasteiger partial charge on any atom is -0.481 e. The summed E-state index contributed by atoms with van der Waals surface area (Å²) >= 11 is 0. The Morgan fingerprint density at radius 3 is 2.62 bits per heavy atom. The number of aryl methyl sites for hydroxylation is 1. The molecule has 0 aliphatic heterocycles. The highest BCUT2D eigenvalue weighted by Gasteiger charge is 2.20. The number of carboxylic acid groups (broad SMARTS) is 1. The number of hydrogen-bond acceptors (Lipinski definition) is 1. The van der Waals surface area contributed by atoms with Gasteiger partial charge in [-0.3, -0.25) is 4.79 Å². The van der Waals surface area contributed by atoms with E-state index in [0.29, 0.717) is 6.42 Å². The summed E-state index contributed by atoms with van der Waals surface area (Å²) in [6.45, 7) is 5.47. The molecule has 2 unspecified atom stereocenters. The molecule has 1 N–H and O–H groups in total. The van der Waals surface area contributed by atoms with Gasteiger partial charge in [0, 0.05) is 0 Å². The highest BCUT2D eigenvalue weighted by molar-refractivity contribution is 5.69. The molecule has 0 fully saturated rings. The number of benzene rings is 1. The van der Waals surface area contributed by atoms with Crippen LogP contribution in [0.5, 0.6) is 0 Å². The van der Waals surface area contributed by atoms with Crippen LogP contribution in [0, 0.1) is 24.6 Å². The van der Waals surface area contributed by atoms with Crippen molar-refractivity contribution in [3.63, 3.8) is 0 Å². The Kier molecular flexibility index (Phi) is 4.05. The van der Waals surface area contributed by atoms with Gasteiger partial charge in [0.15, 0.2) is 0 Å². The Hall–Kier alpha value is -1.38. The molecule has 0 amide bonds. The normalized spacial score (nSPS) is 14.5. The third kappa shape index (κ3) is 3.05. The summed E-state index contributed by atoms with van der Waals surface area (Å²) in [4.78, 5) is 10.8. The number of carboxylic acids is 1. The average Bonchev–Trinajstić information content (AvgIpc) is 2.22.